The lowest BCUT2D eigenvalue weighted by Gasteiger charge is -2.46. The molecule has 74 heavy (non-hydrogen) atoms. The van der Waals surface area contributed by atoms with Crippen LogP contribution in [0.3, 0.4) is 0 Å². The lowest BCUT2D eigenvalue weighted by atomic mass is 9.87. The Kier molecular flexibility index (Phi) is 18.1. The summed E-state index contributed by atoms with van der Waals surface area (Å²) in [5.41, 5.74) is 6.53. The maximum Gasteiger partial charge on any atom is 0.193 e. The molecule has 8 aromatic rings. The van der Waals surface area contributed by atoms with Crippen molar-refractivity contribution in [3.05, 3.63) is 268 Å². The zero-order valence-corrected chi connectivity index (χ0v) is 41.3. The van der Waals surface area contributed by atoms with Gasteiger partial charge < -0.3 is 43.0 Å². The highest BCUT2D eigenvalue weighted by molar-refractivity contribution is 6.11. The van der Waals surface area contributed by atoms with Crippen LogP contribution in [0, 0.1) is 0 Å². The van der Waals surface area contributed by atoms with E-state index in [-0.39, 0.29) is 61.4 Å². The number of hydrogen-bond donors (Lipinski definition) is 1. The van der Waals surface area contributed by atoms with Crippen LogP contribution in [0.4, 0.5) is 0 Å². The Hall–Kier alpha value is -7.83. The van der Waals surface area contributed by atoms with Crippen LogP contribution in [0.15, 0.2) is 218 Å². The number of phenolic OH excluding ortho intramolecular Hbond substituents is 1. The maximum absolute atomic E-state index is 14.8. The van der Waals surface area contributed by atoms with Crippen LogP contribution in [-0.4, -0.2) is 49.0 Å². The fourth-order valence-electron chi connectivity index (χ4n) is 8.86. The van der Waals surface area contributed by atoms with E-state index in [0.717, 1.165) is 38.9 Å². The summed E-state index contributed by atoms with van der Waals surface area (Å²) in [6.45, 7) is 1.51. The smallest absolute Gasteiger partial charge is 0.193 e. The normalized spacial score (nSPS) is 17.4. The molecule has 0 saturated carbocycles. The number of methoxy groups -OCH3 is 1. The Morgan fingerprint density at radius 1 is 0.500 bits per heavy atom. The number of allylic oxidation sites excluding steroid dienone is 1. The number of ether oxygens (including phenoxy) is 8. The molecule has 5 atom stereocenters. The molecule has 10 nitrogen and oxygen atoms in total. The van der Waals surface area contributed by atoms with Gasteiger partial charge in [0.25, 0.3) is 0 Å². The number of ketones is 1. The summed E-state index contributed by atoms with van der Waals surface area (Å²) < 4.78 is 53.3. The first kappa shape index (κ1) is 51.1. The highest BCUT2D eigenvalue weighted by Crippen LogP contribution is 2.49. The third kappa shape index (κ3) is 13.8. The van der Waals surface area contributed by atoms with Gasteiger partial charge in [-0.05, 0) is 57.2 Å². The number of phenols is 1. The second-order valence-electron chi connectivity index (χ2n) is 17.9. The second kappa shape index (κ2) is 26.2. The van der Waals surface area contributed by atoms with E-state index in [2.05, 4.69) is 0 Å². The summed E-state index contributed by atoms with van der Waals surface area (Å²) in [6.07, 6.45) is -1.33. The van der Waals surface area contributed by atoms with E-state index in [0.29, 0.717) is 19.0 Å². The molecule has 1 aliphatic rings. The Balaban J connectivity index is 1.12. The average molecular weight is 989 g/mol. The molecule has 0 spiro atoms. The topological polar surface area (TPSA) is 111 Å². The number of carbonyl (C=O) groups excluding carboxylic acids is 1. The molecule has 0 radical (unpaired) electrons. The van der Waals surface area contributed by atoms with Crippen LogP contribution in [0.2, 0.25) is 0 Å². The van der Waals surface area contributed by atoms with Gasteiger partial charge in [-0.2, -0.15) is 0 Å². The van der Waals surface area contributed by atoms with Crippen molar-refractivity contribution in [1.82, 2.24) is 0 Å². The van der Waals surface area contributed by atoms with Crippen molar-refractivity contribution in [2.24, 2.45) is 0 Å². The van der Waals surface area contributed by atoms with Gasteiger partial charge in [-0.3, -0.25) is 4.79 Å². The highest BCUT2D eigenvalue weighted by Gasteiger charge is 2.51. The van der Waals surface area contributed by atoms with Crippen molar-refractivity contribution in [3.63, 3.8) is 0 Å². The van der Waals surface area contributed by atoms with Gasteiger partial charge in [0, 0.05) is 6.07 Å². The van der Waals surface area contributed by atoms with Gasteiger partial charge in [0.1, 0.15) is 72.3 Å². The molecule has 9 rings (SSSR count). The van der Waals surface area contributed by atoms with Gasteiger partial charge in [0.15, 0.2) is 5.78 Å². The number of benzene rings is 8. The fraction of sp³-hybridized carbons (Fsp3) is 0.203. The van der Waals surface area contributed by atoms with Crippen molar-refractivity contribution >= 4 is 11.9 Å². The average Bonchev–Trinajstić information content (AvgIpc) is 3.46. The van der Waals surface area contributed by atoms with E-state index < -0.39 is 36.3 Å². The van der Waals surface area contributed by atoms with Crippen molar-refractivity contribution in [1.29, 1.82) is 0 Å². The zero-order valence-electron chi connectivity index (χ0n) is 41.3. The summed E-state index contributed by atoms with van der Waals surface area (Å²) in [5, 5.41) is 12.9. The third-order valence-electron chi connectivity index (χ3n) is 12.7. The number of carbonyl (C=O) groups is 1. The minimum atomic E-state index is -1.11. The molecule has 0 bridgehead atoms. The van der Waals surface area contributed by atoms with Crippen molar-refractivity contribution in [3.8, 4) is 23.0 Å². The molecule has 0 unspecified atom stereocenters. The molecule has 1 aliphatic heterocycles. The molecule has 1 heterocycles. The van der Waals surface area contributed by atoms with E-state index in [1.165, 1.54) is 13.2 Å². The van der Waals surface area contributed by atoms with E-state index in [1.807, 2.05) is 206 Å². The first-order chi connectivity index (χ1) is 36.5. The second-order valence-corrected chi connectivity index (χ2v) is 17.9. The van der Waals surface area contributed by atoms with Gasteiger partial charge in [0.05, 0.1) is 45.7 Å². The van der Waals surface area contributed by atoms with Crippen LogP contribution in [-0.2, 0) is 63.3 Å². The van der Waals surface area contributed by atoms with Crippen molar-refractivity contribution in [2.45, 2.75) is 70.2 Å². The predicted octanol–water partition coefficient (Wildman–Crippen LogP) is 12.9. The van der Waals surface area contributed by atoms with Crippen LogP contribution in [0.1, 0.15) is 61.0 Å². The molecule has 0 aromatic heterocycles. The van der Waals surface area contributed by atoms with E-state index in [1.54, 1.807) is 12.1 Å². The summed E-state index contributed by atoms with van der Waals surface area (Å²) in [6, 6.07) is 68.1. The number of hydrogen-bond acceptors (Lipinski definition) is 10. The number of aromatic hydroxyl groups is 1. The van der Waals surface area contributed by atoms with Crippen LogP contribution >= 0.6 is 0 Å². The molecule has 1 saturated heterocycles. The Morgan fingerprint density at radius 2 is 0.932 bits per heavy atom. The quantitative estimate of drug-likeness (QED) is 0.0464. The molecule has 1 N–H and O–H groups in total. The molecule has 376 valence electrons. The minimum Gasteiger partial charge on any atom is -0.506 e. The molecular weight excluding hydrogens is 929 g/mol. The van der Waals surface area contributed by atoms with Gasteiger partial charge in [0.2, 0.25) is 0 Å². The molecule has 0 aliphatic carbocycles. The van der Waals surface area contributed by atoms with Gasteiger partial charge in [-0.15, -0.1) is 0 Å². The Labute approximate surface area is 433 Å². The van der Waals surface area contributed by atoms with Crippen molar-refractivity contribution < 1.29 is 47.8 Å². The van der Waals surface area contributed by atoms with Crippen LogP contribution in [0.5, 0.6) is 23.0 Å². The first-order valence-corrected chi connectivity index (χ1v) is 24.8. The Morgan fingerprint density at radius 3 is 1.42 bits per heavy atom. The molecule has 8 aromatic carbocycles. The van der Waals surface area contributed by atoms with Gasteiger partial charge in [-0.1, -0.05) is 200 Å². The summed E-state index contributed by atoms with van der Waals surface area (Å²) >= 11 is 0. The molecule has 10 heteroatoms. The summed E-state index contributed by atoms with van der Waals surface area (Å²) in [5.74, 6) is 0.113. The lowest BCUT2D eigenvalue weighted by molar-refractivity contribution is -0.275. The predicted molar refractivity (Wildman–Crippen MR) is 285 cm³/mol. The summed E-state index contributed by atoms with van der Waals surface area (Å²) in [4.78, 5) is 14.8. The largest absolute Gasteiger partial charge is 0.506 e. The highest BCUT2D eigenvalue weighted by atomic mass is 16.6. The van der Waals surface area contributed by atoms with E-state index in [4.69, 9.17) is 37.9 Å². The fourth-order valence-corrected chi connectivity index (χ4v) is 8.86. The SMILES string of the molecule is COc1cc(OCc2ccccc2)c(C(=O)/C=C\c2ccc(OCc3ccccc3)cc2)c(O)c1[C@@H]1O[C@H](COCc2ccccc2)[C@@H](OCc2ccccc2)[C@H](OCc2ccccc2)[C@H]1OCc1ccccc1. The molecule has 0 amide bonds. The minimum absolute atomic E-state index is 0.0768. The standard InChI is InChI=1S/C64H60O10/c1-67-55-38-56(70-41-49-24-12-4-13-25-49)58(54(65)37-34-46-32-35-53(36-33-46)69-40-48-22-10-3-11-23-48)60(66)59(55)62-64(73-44-52-30-18-7-19-31-52)63(72-43-51-28-16-6-17-29-51)61(71-42-50-26-14-5-15-27-50)57(74-62)45-68-39-47-20-8-2-9-21-47/h2-38,57,61-64,66H,39-45H2,1H3/b37-34-/t57-,61-,62+,63+,64+/m1/s1. The van der Waals surface area contributed by atoms with Gasteiger partial charge >= 0.3 is 0 Å². The number of rotatable bonds is 24. The zero-order chi connectivity index (χ0) is 50.7. The van der Waals surface area contributed by atoms with Crippen LogP contribution in [0.25, 0.3) is 6.08 Å². The van der Waals surface area contributed by atoms with E-state index in [9.17, 15) is 9.90 Å². The molecular formula is C64H60O10. The third-order valence-corrected chi connectivity index (χ3v) is 12.7. The van der Waals surface area contributed by atoms with Crippen LogP contribution < -0.4 is 14.2 Å². The van der Waals surface area contributed by atoms with Gasteiger partial charge in [-0.25, -0.2) is 0 Å². The maximum atomic E-state index is 14.8. The monoisotopic (exact) mass is 988 g/mol. The summed E-state index contributed by atoms with van der Waals surface area (Å²) in [7, 11) is 1.51. The van der Waals surface area contributed by atoms with E-state index >= 15 is 0 Å². The van der Waals surface area contributed by atoms with Crippen molar-refractivity contribution in [2.75, 3.05) is 13.7 Å². The molecule has 1 fully saturated rings. The first-order valence-electron chi connectivity index (χ1n) is 24.8. The Bertz CT molecular complexity index is 2970. The lowest BCUT2D eigenvalue weighted by Crippen LogP contribution is -2.58.